The van der Waals surface area contributed by atoms with E-state index >= 15 is 0 Å². The minimum Gasteiger partial charge on any atom is -0.244 e. The molecule has 0 fully saturated rings. The quantitative estimate of drug-likeness (QED) is 0.288. The molecule has 0 saturated heterocycles. The first kappa shape index (κ1) is 17.2. The van der Waals surface area contributed by atoms with Crippen LogP contribution in [0.15, 0.2) is 84.9 Å². The lowest BCUT2D eigenvalue weighted by molar-refractivity contribution is 1.30. The molecule has 0 amide bonds. The lowest BCUT2D eigenvalue weighted by Gasteiger charge is -2.11. The fraction of sp³-hybridized carbons (Fsp3) is 0. The second-order valence-electron chi connectivity index (χ2n) is 6.62. The van der Waals surface area contributed by atoms with Crippen LogP contribution in [0.2, 0.25) is 10.0 Å². The zero-order valence-corrected chi connectivity index (χ0v) is 16.2. The van der Waals surface area contributed by atoms with Crippen LogP contribution >= 0.6 is 23.2 Å². The minimum atomic E-state index is 0.691. The molecule has 0 atom stereocenters. The van der Waals surface area contributed by atoms with Crippen LogP contribution in [0.3, 0.4) is 0 Å². The molecule has 134 valence electrons. The van der Waals surface area contributed by atoms with E-state index in [9.17, 15) is 0 Å². The molecule has 0 aliphatic carbocycles. The van der Waals surface area contributed by atoms with Crippen molar-refractivity contribution in [1.29, 1.82) is 0 Å². The maximum absolute atomic E-state index is 6.08. The van der Waals surface area contributed by atoms with Crippen molar-refractivity contribution in [2.45, 2.75) is 0 Å². The van der Waals surface area contributed by atoms with Gasteiger partial charge in [0, 0.05) is 21.2 Å². The van der Waals surface area contributed by atoms with Crippen molar-refractivity contribution in [1.82, 2.24) is 9.97 Å². The van der Waals surface area contributed by atoms with E-state index in [4.69, 9.17) is 33.2 Å². The highest BCUT2D eigenvalue weighted by Crippen LogP contribution is 2.33. The van der Waals surface area contributed by atoms with Gasteiger partial charge in [0.25, 0.3) is 0 Å². The van der Waals surface area contributed by atoms with Crippen LogP contribution in [0.5, 0.6) is 0 Å². The van der Waals surface area contributed by atoms with Crippen LogP contribution in [0.4, 0.5) is 0 Å². The zero-order chi connectivity index (χ0) is 19.1. The predicted molar refractivity (Wildman–Crippen MR) is 118 cm³/mol. The maximum atomic E-state index is 6.08. The summed E-state index contributed by atoms with van der Waals surface area (Å²) in [6.07, 6.45) is 0. The molecule has 1 heterocycles. The molecule has 0 radical (unpaired) electrons. The Labute approximate surface area is 172 Å². The van der Waals surface area contributed by atoms with E-state index in [2.05, 4.69) is 24.3 Å². The van der Waals surface area contributed by atoms with E-state index in [1.54, 1.807) is 0 Å². The number of hydrogen-bond donors (Lipinski definition) is 0. The van der Waals surface area contributed by atoms with Crippen LogP contribution in [-0.4, -0.2) is 9.97 Å². The molecule has 28 heavy (non-hydrogen) atoms. The lowest BCUT2D eigenvalue weighted by Crippen LogP contribution is -1.95. The number of benzene rings is 4. The summed E-state index contributed by atoms with van der Waals surface area (Å²) in [6.45, 7) is 0. The molecule has 2 nitrogen and oxygen atoms in total. The second-order valence-corrected chi connectivity index (χ2v) is 7.50. The number of fused-ring (bicyclic) bond motifs is 2. The van der Waals surface area contributed by atoms with Crippen molar-refractivity contribution in [2.24, 2.45) is 0 Å². The Morgan fingerprint density at radius 2 is 0.893 bits per heavy atom. The lowest BCUT2D eigenvalue weighted by atomic mass is 10.0. The van der Waals surface area contributed by atoms with Crippen molar-refractivity contribution in [3.63, 3.8) is 0 Å². The van der Waals surface area contributed by atoms with Crippen molar-refractivity contribution in [3.05, 3.63) is 95.0 Å². The minimum absolute atomic E-state index is 0.691. The third-order valence-corrected chi connectivity index (χ3v) is 5.27. The molecule has 0 N–H and O–H groups in total. The Kier molecular flexibility index (Phi) is 4.23. The Morgan fingerprint density at radius 3 is 1.29 bits per heavy atom. The van der Waals surface area contributed by atoms with Gasteiger partial charge in [-0.05, 0) is 47.2 Å². The average molecular weight is 401 g/mol. The van der Waals surface area contributed by atoms with Crippen molar-refractivity contribution in [3.8, 4) is 22.5 Å². The highest BCUT2D eigenvalue weighted by molar-refractivity contribution is 6.31. The summed E-state index contributed by atoms with van der Waals surface area (Å²) >= 11 is 12.2. The van der Waals surface area contributed by atoms with Crippen LogP contribution in [0.1, 0.15) is 0 Å². The molecule has 4 heteroatoms. The Morgan fingerprint density at radius 1 is 0.500 bits per heavy atom. The third-order valence-electron chi connectivity index (χ3n) is 4.77. The smallest absolute Gasteiger partial charge is 0.0973 e. The SMILES string of the molecule is Clc1ccc(-c2nc3cc4ccccc4cc3nc2-c2ccc(Cl)cc2)cc1. The summed E-state index contributed by atoms with van der Waals surface area (Å²) in [5.74, 6) is 0. The van der Waals surface area contributed by atoms with Gasteiger partial charge in [0.15, 0.2) is 0 Å². The van der Waals surface area contributed by atoms with Gasteiger partial charge in [-0.2, -0.15) is 0 Å². The first-order valence-corrected chi connectivity index (χ1v) is 9.65. The summed E-state index contributed by atoms with van der Waals surface area (Å²) in [6, 6.07) is 27.8. The van der Waals surface area contributed by atoms with Gasteiger partial charge in [-0.1, -0.05) is 71.7 Å². The van der Waals surface area contributed by atoms with E-state index in [0.29, 0.717) is 10.0 Å². The molecule has 0 unspecified atom stereocenters. The molecular weight excluding hydrogens is 387 g/mol. The maximum Gasteiger partial charge on any atom is 0.0973 e. The van der Waals surface area contributed by atoms with Crippen molar-refractivity contribution < 1.29 is 0 Å². The van der Waals surface area contributed by atoms with E-state index in [-0.39, 0.29) is 0 Å². The first-order chi connectivity index (χ1) is 13.7. The van der Waals surface area contributed by atoms with Gasteiger partial charge in [0.05, 0.1) is 22.4 Å². The van der Waals surface area contributed by atoms with Gasteiger partial charge in [-0.25, -0.2) is 9.97 Å². The molecule has 0 aliphatic rings. The topological polar surface area (TPSA) is 25.8 Å². The van der Waals surface area contributed by atoms with E-state index in [0.717, 1.165) is 44.3 Å². The Hall–Kier alpha value is -2.94. The summed E-state index contributed by atoms with van der Waals surface area (Å²) in [4.78, 5) is 9.97. The second kappa shape index (κ2) is 6.90. The molecule has 0 bridgehead atoms. The van der Waals surface area contributed by atoms with Crippen LogP contribution < -0.4 is 0 Å². The fourth-order valence-electron chi connectivity index (χ4n) is 3.36. The van der Waals surface area contributed by atoms with Gasteiger partial charge in [0.2, 0.25) is 0 Å². The molecular formula is C24H14Cl2N2. The van der Waals surface area contributed by atoms with Gasteiger partial charge in [-0.15, -0.1) is 0 Å². The predicted octanol–water partition coefficient (Wildman–Crippen LogP) is 7.42. The summed E-state index contributed by atoms with van der Waals surface area (Å²) in [5, 5.41) is 3.67. The molecule has 5 rings (SSSR count). The highest BCUT2D eigenvalue weighted by Gasteiger charge is 2.14. The largest absolute Gasteiger partial charge is 0.244 e. The third kappa shape index (κ3) is 3.11. The van der Waals surface area contributed by atoms with Gasteiger partial charge in [-0.3, -0.25) is 0 Å². The number of aromatic nitrogens is 2. The zero-order valence-electron chi connectivity index (χ0n) is 14.7. The summed E-state index contributed by atoms with van der Waals surface area (Å²) in [7, 11) is 0. The molecule has 0 spiro atoms. The molecule has 5 aromatic rings. The Bertz CT molecular complexity index is 1210. The van der Waals surface area contributed by atoms with E-state index in [1.165, 1.54) is 0 Å². The van der Waals surface area contributed by atoms with Crippen LogP contribution in [0.25, 0.3) is 44.3 Å². The summed E-state index contributed by atoms with van der Waals surface area (Å²) in [5.41, 5.74) is 5.31. The van der Waals surface area contributed by atoms with E-state index in [1.807, 2.05) is 60.7 Å². The molecule has 0 aliphatic heterocycles. The standard InChI is InChI=1S/C24H14Cl2N2/c25-19-9-5-15(6-10-19)23-24(16-7-11-20(26)12-8-16)28-22-14-18-4-2-1-3-17(18)13-21(22)27-23/h1-14H. The van der Waals surface area contributed by atoms with E-state index < -0.39 is 0 Å². The average Bonchev–Trinajstić information content (AvgIpc) is 2.72. The van der Waals surface area contributed by atoms with Gasteiger partial charge >= 0.3 is 0 Å². The van der Waals surface area contributed by atoms with Gasteiger partial charge < -0.3 is 0 Å². The van der Waals surface area contributed by atoms with Crippen molar-refractivity contribution in [2.75, 3.05) is 0 Å². The monoisotopic (exact) mass is 400 g/mol. The first-order valence-electron chi connectivity index (χ1n) is 8.90. The Balaban J connectivity index is 1.82. The number of nitrogens with zero attached hydrogens (tertiary/aromatic N) is 2. The molecule has 1 aromatic heterocycles. The molecule has 0 saturated carbocycles. The highest BCUT2D eigenvalue weighted by atomic mass is 35.5. The number of hydrogen-bond acceptors (Lipinski definition) is 2. The van der Waals surface area contributed by atoms with Gasteiger partial charge in [0.1, 0.15) is 0 Å². The number of rotatable bonds is 2. The number of halogens is 2. The normalized spacial score (nSPS) is 11.2. The van der Waals surface area contributed by atoms with Crippen molar-refractivity contribution >= 4 is 45.0 Å². The fourth-order valence-corrected chi connectivity index (χ4v) is 3.61. The molecule has 4 aromatic carbocycles. The summed E-state index contributed by atoms with van der Waals surface area (Å²) < 4.78 is 0. The van der Waals surface area contributed by atoms with Crippen LogP contribution in [-0.2, 0) is 0 Å². The van der Waals surface area contributed by atoms with Crippen LogP contribution in [0, 0.1) is 0 Å².